The third kappa shape index (κ3) is 3.39. The maximum atomic E-state index is 12.5. The molecular formula is C21H23N5O2. The van der Waals surface area contributed by atoms with Crippen molar-refractivity contribution in [2.75, 3.05) is 31.6 Å². The van der Waals surface area contributed by atoms with Crippen molar-refractivity contribution in [2.45, 2.75) is 12.5 Å². The quantitative estimate of drug-likeness (QED) is 0.739. The van der Waals surface area contributed by atoms with Crippen LogP contribution in [0.1, 0.15) is 6.42 Å². The number of aryl methyl sites for hydroxylation is 1. The number of amides is 1. The van der Waals surface area contributed by atoms with Crippen molar-refractivity contribution in [3.63, 3.8) is 0 Å². The molecule has 5 rings (SSSR count). The van der Waals surface area contributed by atoms with Crippen LogP contribution in [0.5, 0.6) is 0 Å². The van der Waals surface area contributed by atoms with E-state index in [2.05, 4.69) is 32.4 Å². The van der Waals surface area contributed by atoms with E-state index in [-0.39, 0.29) is 11.8 Å². The number of nitrogens with zero attached hydrogens (tertiary/aromatic N) is 4. The second-order valence-corrected chi connectivity index (χ2v) is 7.72. The van der Waals surface area contributed by atoms with Crippen molar-refractivity contribution >= 4 is 22.5 Å². The Bertz CT molecular complexity index is 1020. The zero-order valence-electron chi connectivity index (χ0n) is 15.8. The van der Waals surface area contributed by atoms with Crippen LogP contribution in [-0.4, -0.2) is 57.9 Å². The van der Waals surface area contributed by atoms with E-state index in [1.807, 2.05) is 31.6 Å². The largest absolute Gasteiger partial charge is 0.377 e. The van der Waals surface area contributed by atoms with Gasteiger partial charge in [-0.25, -0.2) is 4.98 Å². The summed E-state index contributed by atoms with van der Waals surface area (Å²) in [5.41, 5.74) is 2.16. The van der Waals surface area contributed by atoms with E-state index in [0.29, 0.717) is 11.9 Å². The molecule has 7 nitrogen and oxygen atoms in total. The van der Waals surface area contributed by atoms with E-state index in [1.165, 1.54) is 0 Å². The Morgan fingerprint density at radius 3 is 2.79 bits per heavy atom. The summed E-state index contributed by atoms with van der Waals surface area (Å²) in [7, 11) is 1.91. The number of likely N-dealkylation sites (tertiary alicyclic amines) is 1. The molecule has 0 aliphatic carbocycles. The molecule has 1 atom stereocenters. The number of fused-ring (bicyclic) bond motifs is 1. The molecule has 0 radical (unpaired) electrons. The first-order chi connectivity index (χ1) is 13.6. The Morgan fingerprint density at radius 1 is 1.21 bits per heavy atom. The van der Waals surface area contributed by atoms with E-state index < -0.39 is 0 Å². The first-order valence-corrected chi connectivity index (χ1v) is 9.68. The molecule has 1 N–H and O–H groups in total. The standard InChI is InChI=1S/C21H23N5O2/c1-25-10-17(9-23-25)14-2-3-15-8-22-20(7-16(15)6-14)24-21(27)18-11-26(12-18)13-19-4-5-28-19/h2-3,6-10,18-19H,4-5,11-13H2,1H3,(H,22,24,27). The van der Waals surface area contributed by atoms with Crippen molar-refractivity contribution in [3.8, 4) is 11.1 Å². The summed E-state index contributed by atoms with van der Waals surface area (Å²) in [6.07, 6.45) is 7.14. The van der Waals surface area contributed by atoms with Gasteiger partial charge < -0.3 is 10.1 Å². The molecular weight excluding hydrogens is 354 g/mol. The summed E-state index contributed by atoms with van der Waals surface area (Å²) >= 11 is 0. The number of pyridine rings is 1. The molecule has 1 unspecified atom stereocenters. The molecule has 2 aromatic heterocycles. The predicted octanol–water partition coefficient (Wildman–Crippen LogP) is 2.29. The second-order valence-electron chi connectivity index (χ2n) is 7.72. The Labute approximate surface area is 163 Å². The Kier molecular flexibility index (Phi) is 4.33. The molecule has 28 heavy (non-hydrogen) atoms. The second kappa shape index (κ2) is 7.00. The van der Waals surface area contributed by atoms with Crippen LogP contribution in [0.25, 0.3) is 21.9 Å². The molecule has 2 aliphatic heterocycles. The van der Waals surface area contributed by atoms with Crippen molar-refractivity contribution in [1.29, 1.82) is 0 Å². The molecule has 2 aliphatic rings. The van der Waals surface area contributed by atoms with Crippen molar-refractivity contribution in [1.82, 2.24) is 19.7 Å². The summed E-state index contributed by atoms with van der Waals surface area (Å²) in [6, 6.07) is 8.15. The lowest BCUT2D eigenvalue weighted by atomic mass is 9.97. The number of carbonyl (C=O) groups is 1. The lowest BCUT2D eigenvalue weighted by Crippen LogP contribution is -2.55. The van der Waals surface area contributed by atoms with Crippen LogP contribution in [0.4, 0.5) is 5.82 Å². The monoisotopic (exact) mass is 377 g/mol. The molecule has 0 bridgehead atoms. The van der Waals surface area contributed by atoms with Gasteiger partial charge in [-0.15, -0.1) is 0 Å². The van der Waals surface area contributed by atoms with E-state index in [4.69, 9.17) is 4.74 Å². The van der Waals surface area contributed by atoms with Crippen LogP contribution in [0.3, 0.4) is 0 Å². The van der Waals surface area contributed by atoms with Gasteiger partial charge >= 0.3 is 0 Å². The zero-order valence-corrected chi connectivity index (χ0v) is 15.8. The summed E-state index contributed by atoms with van der Waals surface area (Å²) in [4.78, 5) is 19.2. The lowest BCUT2D eigenvalue weighted by Gasteiger charge is -2.41. The van der Waals surface area contributed by atoms with Gasteiger partial charge in [0.05, 0.1) is 18.2 Å². The normalized spacial score (nSPS) is 20.0. The predicted molar refractivity (Wildman–Crippen MR) is 107 cm³/mol. The van der Waals surface area contributed by atoms with E-state index in [1.54, 1.807) is 10.9 Å². The molecule has 1 amide bonds. The lowest BCUT2D eigenvalue weighted by molar-refractivity contribution is -0.128. The van der Waals surface area contributed by atoms with Crippen LogP contribution in [0.2, 0.25) is 0 Å². The maximum Gasteiger partial charge on any atom is 0.231 e. The molecule has 4 heterocycles. The molecule has 7 heteroatoms. The average Bonchev–Trinajstić information content (AvgIpc) is 3.05. The fourth-order valence-corrected chi connectivity index (χ4v) is 3.79. The molecule has 2 fully saturated rings. The van der Waals surface area contributed by atoms with Crippen molar-refractivity contribution < 1.29 is 9.53 Å². The highest BCUT2D eigenvalue weighted by atomic mass is 16.5. The summed E-state index contributed by atoms with van der Waals surface area (Å²) < 4.78 is 7.24. The minimum Gasteiger partial charge on any atom is -0.377 e. The van der Waals surface area contributed by atoms with Gasteiger partial charge in [-0.05, 0) is 29.5 Å². The number of hydrogen-bond donors (Lipinski definition) is 1. The summed E-state index contributed by atoms with van der Waals surface area (Å²) in [5.74, 6) is 0.668. The summed E-state index contributed by atoms with van der Waals surface area (Å²) in [5, 5.41) is 9.30. The van der Waals surface area contributed by atoms with Gasteiger partial charge in [-0.2, -0.15) is 5.10 Å². The van der Waals surface area contributed by atoms with Gasteiger partial charge in [0.15, 0.2) is 0 Å². The third-order valence-electron chi connectivity index (χ3n) is 5.59. The highest BCUT2D eigenvalue weighted by Gasteiger charge is 2.35. The fraction of sp³-hybridized carbons (Fsp3) is 0.381. The first kappa shape index (κ1) is 17.3. The molecule has 0 saturated carbocycles. The molecule has 144 valence electrons. The minimum absolute atomic E-state index is 0.0271. The van der Waals surface area contributed by atoms with Crippen LogP contribution in [0.15, 0.2) is 42.9 Å². The fourth-order valence-electron chi connectivity index (χ4n) is 3.79. The Hall–Kier alpha value is -2.77. The van der Waals surface area contributed by atoms with E-state index in [0.717, 1.165) is 54.6 Å². The number of hydrogen-bond acceptors (Lipinski definition) is 5. The smallest absolute Gasteiger partial charge is 0.231 e. The van der Waals surface area contributed by atoms with Crippen molar-refractivity contribution in [2.24, 2.45) is 13.0 Å². The average molecular weight is 377 g/mol. The van der Waals surface area contributed by atoms with Gasteiger partial charge in [0, 0.05) is 56.6 Å². The van der Waals surface area contributed by atoms with Gasteiger partial charge in [0.1, 0.15) is 5.82 Å². The topological polar surface area (TPSA) is 72.3 Å². The molecule has 1 aromatic carbocycles. The SMILES string of the molecule is Cn1cc(-c2ccc3cnc(NC(=O)C4CN(CC5CCO5)C4)cc3c2)cn1. The minimum atomic E-state index is 0.0271. The van der Waals surface area contributed by atoms with Crippen LogP contribution < -0.4 is 5.32 Å². The van der Waals surface area contributed by atoms with Crippen LogP contribution in [-0.2, 0) is 16.6 Å². The molecule has 3 aromatic rings. The van der Waals surface area contributed by atoms with Crippen LogP contribution >= 0.6 is 0 Å². The molecule has 2 saturated heterocycles. The third-order valence-corrected chi connectivity index (χ3v) is 5.59. The van der Waals surface area contributed by atoms with Gasteiger partial charge in [-0.3, -0.25) is 14.4 Å². The highest BCUT2D eigenvalue weighted by Crippen LogP contribution is 2.26. The van der Waals surface area contributed by atoms with Crippen molar-refractivity contribution in [3.05, 3.63) is 42.9 Å². The number of ether oxygens (including phenoxy) is 1. The maximum absolute atomic E-state index is 12.5. The summed E-state index contributed by atoms with van der Waals surface area (Å²) in [6.45, 7) is 3.41. The number of benzene rings is 1. The van der Waals surface area contributed by atoms with E-state index in [9.17, 15) is 4.79 Å². The van der Waals surface area contributed by atoms with Gasteiger partial charge in [-0.1, -0.05) is 12.1 Å². The first-order valence-electron chi connectivity index (χ1n) is 9.68. The van der Waals surface area contributed by atoms with Crippen LogP contribution in [0, 0.1) is 5.92 Å². The van der Waals surface area contributed by atoms with E-state index >= 15 is 0 Å². The molecule has 0 spiro atoms. The Balaban J connectivity index is 1.26. The number of anilines is 1. The van der Waals surface area contributed by atoms with Gasteiger partial charge in [0.2, 0.25) is 5.91 Å². The highest BCUT2D eigenvalue weighted by molar-refractivity contribution is 5.95. The number of carbonyl (C=O) groups excluding carboxylic acids is 1. The zero-order chi connectivity index (χ0) is 19.1. The number of aromatic nitrogens is 3. The number of rotatable bonds is 5. The Morgan fingerprint density at radius 2 is 2.07 bits per heavy atom. The number of nitrogens with one attached hydrogen (secondary N) is 1. The van der Waals surface area contributed by atoms with Gasteiger partial charge in [0.25, 0.3) is 0 Å².